The smallest absolute Gasteiger partial charge is 0.224 e. The highest BCUT2D eigenvalue weighted by atomic mass is 16.3. The summed E-state index contributed by atoms with van der Waals surface area (Å²) in [5.41, 5.74) is 2.16. The lowest BCUT2D eigenvalue weighted by Gasteiger charge is -2.34. The first-order valence-corrected chi connectivity index (χ1v) is 9.44. The van der Waals surface area contributed by atoms with Gasteiger partial charge in [0.25, 0.3) is 0 Å². The minimum absolute atomic E-state index is 0.0837. The number of carbonyl (C=O) groups is 1. The first-order valence-electron chi connectivity index (χ1n) is 9.44. The molecular formula is C21H29N3O2. The van der Waals surface area contributed by atoms with Crippen molar-refractivity contribution < 1.29 is 9.21 Å². The molecule has 0 saturated carbocycles. The van der Waals surface area contributed by atoms with Crippen LogP contribution in [0.2, 0.25) is 0 Å². The standard InChI is InChI=1S/C21H29N3O2/c1-17(2)14-21(25)22-19-7-5-18(6-8-19)15-23-9-11-24(12-10-23)16-20-4-3-13-26-20/h3-8,13,17H,9-12,14-16H2,1-2H3,(H,22,25). The van der Waals surface area contributed by atoms with E-state index in [9.17, 15) is 4.79 Å². The Morgan fingerprint density at radius 2 is 1.69 bits per heavy atom. The molecule has 5 nitrogen and oxygen atoms in total. The minimum Gasteiger partial charge on any atom is -0.468 e. The molecule has 1 fully saturated rings. The second kappa shape index (κ2) is 9.01. The first-order chi connectivity index (χ1) is 12.6. The lowest BCUT2D eigenvalue weighted by Crippen LogP contribution is -2.45. The topological polar surface area (TPSA) is 48.7 Å². The number of nitrogens with one attached hydrogen (secondary N) is 1. The summed E-state index contributed by atoms with van der Waals surface area (Å²) in [5.74, 6) is 1.50. The molecule has 0 radical (unpaired) electrons. The Labute approximate surface area is 156 Å². The molecule has 1 saturated heterocycles. The van der Waals surface area contributed by atoms with E-state index in [2.05, 4.69) is 41.1 Å². The number of rotatable bonds is 7. The van der Waals surface area contributed by atoms with Crippen molar-refractivity contribution in [1.29, 1.82) is 0 Å². The number of amides is 1. The summed E-state index contributed by atoms with van der Waals surface area (Å²) in [6.45, 7) is 10.2. The van der Waals surface area contributed by atoms with Gasteiger partial charge in [0, 0.05) is 44.8 Å². The van der Waals surface area contributed by atoms with Crippen LogP contribution < -0.4 is 5.32 Å². The Morgan fingerprint density at radius 1 is 1.04 bits per heavy atom. The molecule has 0 spiro atoms. The lowest BCUT2D eigenvalue weighted by molar-refractivity contribution is -0.116. The van der Waals surface area contributed by atoms with Gasteiger partial charge in [-0.05, 0) is 35.7 Å². The summed E-state index contributed by atoms with van der Waals surface area (Å²) >= 11 is 0. The van der Waals surface area contributed by atoms with Crippen LogP contribution in [0.1, 0.15) is 31.6 Å². The fraction of sp³-hybridized carbons (Fsp3) is 0.476. The normalized spacial score (nSPS) is 16.1. The zero-order valence-corrected chi connectivity index (χ0v) is 15.8. The van der Waals surface area contributed by atoms with Gasteiger partial charge in [-0.3, -0.25) is 14.6 Å². The van der Waals surface area contributed by atoms with Crippen molar-refractivity contribution in [3.63, 3.8) is 0 Å². The Bertz CT molecular complexity index is 672. The molecule has 1 N–H and O–H groups in total. The Morgan fingerprint density at radius 3 is 2.27 bits per heavy atom. The molecule has 1 amide bonds. The monoisotopic (exact) mass is 355 g/mol. The van der Waals surface area contributed by atoms with Crippen LogP contribution in [-0.4, -0.2) is 41.9 Å². The molecule has 1 aliphatic heterocycles. The largest absolute Gasteiger partial charge is 0.468 e. The summed E-state index contributed by atoms with van der Waals surface area (Å²) in [6, 6.07) is 12.2. The van der Waals surface area contributed by atoms with E-state index >= 15 is 0 Å². The molecule has 1 aromatic heterocycles. The second-order valence-corrected chi connectivity index (χ2v) is 7.47. The summed E-state index contributed by atoms with van der Waals surface area (Å²) in [7, 11) is 0. The number of piperazine rings is 1. The maximum atomic E-state index is 11.8. The van der Waals surface area contributed by atoms with Crippen molar-refractivity contribution in [2.75, 3.05) is 31.5 Å². The van der Waals surface area contributed by atoms with Crippen molar-refractivity contribution in [2.45, 2.75) is 33.4 Å². The van der Waals surface area contributed by atoms with Crippen molar-refractivity contribution in [3.8, 4) is 0 Å². The third kappa shape index (κ3) is 5.71. The van der Waals surface area contributed by atoms with Crippen LogP contribution in [0, 0.1) is 5.92 Å². The molecule has 1 aromatic carbocycles. The molecule has 26 heavy (non-hydrogen) atoms. The van der Waals surface area contributed by atoms with Gasteiger partial charge in [-0.2, -0.15) is 0 Å². The second-order valence-electron chi connectivity index (χ2n) is 7.47. The van der Waals surface area contributed by atoms with Crippen LogP contribution in [-0.2, 0) is 17.9 Å². The number of anilines is 1. The van der Waals surface area contributed by atoms with E-state index in [0.29, 0.717) is 12.3 Å². The van der Waals surface area contributed by atoms with Gasteiger partial charge in [-0.1, -0.05) is 26.0 Å². The summed E-state index contributed by atoms with van der Waals surface area (Å²) in [4.78, 5) is 16.7. The average Bonchev–Trinajstić information content (AvgIpc) is 3.11. The lowest BCUT2D eigenvalue weighted by atomic mass is 10.1. The van der Waals surface area contributed by atoms with E-state index in [1.807, 2.05) is 24.3 Å². The molecule has 1 aliphatic rings. The van der Waals surface area contributed by atoms with Crippen molar-refractivity contribution in [1.82, 2.24) is 9.80 Å². The molecule has 0 aliphatic carbocycles. The molecule has 0 atom stereocenters. The van der Waals surface area contributed by atoms with E-state index in [-0.39, 0.29) is 5.91 Å². The summed E-state index contributed by atoms with van der Waals surface area (Å²) in [6.07, 6.45) is 2.30. The Hall–Kier alpha value is -2.11. The number of nitrogens with zero attached hydrogens (tertiary/aromatic N) is 2. The van der Waals surface area contributed by atoms with Crippen molar-refractivity contribution in [2.24, 2.45) is 5.92 Å². The van der Waals surface area contributed by atoms with Crippen molar-refractivity contribution >= 4 is 11.6 Å². The van der Waals surface area contributed by atoms with E-state index in [0.717, 1.165) is 50.7 Å². The van der Waals surface area contributed by atoms with Gasteiger partial charge in [0.05, 0.1) is 12.8 Å². The predicted molar refractivity (Wildman–Crippen MR) is 104 cm³/mol. The number of carbonyl (C=O) groups excluding carboxylic acids is 1. The zero-order chi connectivity index (χ0) is 18.4. The van der Waals surface area contributed by atoms with Crippen LogP contribution in [0.5, 0.6) is 0 Å². The SMILES string of the molecule is CC(C)CC(=O)Nc1ccc(CN2CCN(Cc3ccco3)CC2)cc1. The molecule has 140 valence electrons. The van der Waals surface area contributed by atoms with Crippen molar-refractivity contribution in [3.05, 3.63) is 54.0 Å². The molecule has 2 heterocycles. The Balaban J connectivity index is 1.42. The van der Waals surface area contributed by atoms with Gasteiger partial charge in [0.1, 0.15) is 5.76 Å². The van der Waals surface area contributed by atoms with Crippen LogP contribution in [0.3, 0.4) is 0 Å². The maximum absolute atomic E-state index is 11.8. The zero-order valence-electron chi connectivity index (χ0n) is 15.8. The molecule has 2 aromatic rings. The maximum Gasteiger partial charge on any atom is 0.224 e. The highest BCUT2D eigenvalue weighted by molar-refractivity contribution is 5.90. The molecule has 3 rings (SSSR count). The van der Waals surface area contributed by atoms with Gasteiger partial charge in [0.2, 0.25) is 5.91 Å². The molecular weight excluding hydrogens is 326 g/mol. The number of benzene rings is 1. The summed E-state index contributed by atoms with van der Waals surface area (Å²) < 4.78 is 5.43. The van der Waals surface area contributed by atoms with Gasteiger partial charge in [-0.15, -0.1) is 0 Å². The van der Waals surface area contributed by atoms with E-state index in [1.165, 1.54) is 5.56 Å². The fourth-order valence-corrected chi connectivity index (χ4v) is 3.26. The Kier molecular flexibility index (Phi) is 6.47. The third-order valence-electron chi connectivity index (χ3n) is 4.66. The van der Waals surface area contributed by atoms with Crippen LogP contribution >= 0.6 is 0 Å². The molecule has 5 heteroatoms. The quantitative estimate of drug-likeness (QED) is 0.825. The highest BCUT2D eigenvalue weighted by Crippen LogP contribution is 2.15. The minimum atomic E-state index is 0.0837. The predicted octanol–water partition coefficient (Wildman–Crippen LogP) is 3.58. The molecule has 0 bridgehead atoms. The van der Waals surface area contributed by atoms with Crippen LogP contribution in [0.4, 0.5) is 5.69 Å². The highest BCUT2D eigenvalue weighted by Gasteiger charge is 2.17. The van der Waals surface area contributed by atoms with Gasteiger partial charge < -0.3 is 9.73 Å². The molecule has 0 unspecified atom stereocenters. The number of hydrogen-bond donors (Lipinski definition) is 1. The van der Waals surface area contributed by atoms with Gasteiger partial charge in [0.15, 0.2) is 0 Å². The first kappa shape index (κ1) is 18.7. The van der Waals surface area contributed by atoms with Crippen LogP contribution in [0.25, 0.3) is 0 Å². The summed E-state index contributed by atoms with van der Waals surface area (Å²) in [5, 5.41) is 2.96. The van der Waals surface area contributed by atoms with E-state index in [4.69, 9.17) is 4.42 Å². The van der Waals surface area contributed by atoms with E-state index < -0.39 is 0 Å². The average molecular weight is 355 g/mol. The van der Waals surface area contributed by atoms with Gasteiger partial charge >= 0.3 is 0 Å². The van der Waals surface area contributed by atoms with Crippen LogP contribution in [0.15, 0.2) is 47.1 Å². The number of hydrogen-bond acceptors (Lipinski definition) is 4. The number of furan rings is 1. The van der Waals surface area contributed by atoms with E-state index in [1.54, 1.807) is 6.26 Å². The third-order valence-corrected chi connectivity index (χ3v) is 4.66. The fourth-order valence-electron chi connectivity index (χ4n) is 3.26. The van der Waals surface area contributed by atoms with Gasteiger partial charge in [-0.25, -0.2) is 0 Å².